The van der Waals surface area contributed by atoms with Crippen LogP contribution in [-0.2, 0) is 7.05 Å². The first-order valence-corrected chi connectivity index (χ1v) is 9.62. The van der Waals surface area contributed by atoms with E-state index in [0.29, 0.717) is 5.69 Å². The Balaban J connectivity index is 1.42. The molecule has 1 unspecified atom stereocenters. The van der Waals surface area contributed by atoms with Gasteiger partial charge in [-0.05, 0) is 60.7 Å². The number of nitrogens with one attached hydrogen (secondary N) is 2. The molecule has 4 rings (SSSR count). The summed E-state index contributed by atoms with van der Waals surface area (Å²) < 4.78 is 14.6. The minimum Gasteiger partial charge on any atom is -0.335 e. The standard InChI is InChI=1S/C23H22FN3O2/c1-27-21-4-2-3-20(19(21)13-14-22(27)28)26-23(29)25-18-11-7-16(8-12-18)15-5-9-17(24)10-6-15/h2-7,9-10,13-14,18H,8,11-12H2,1H3,(H2,25,26,29). The number of urea groups is 1. The fourth-order valence-corrected chi connectivity index (χ4v) is 3.75. The molecule has 2 N–H and O–H groups in total. The Morgan fingerprint density at radius 3 is 2.62 bits per heavy atom. The van der Waals surface area contributed by atoms with E-state index in [9.17, 15) is 14.0 Å². The van der Waals surface area contributed by atoms with Gasteiger partial charge in [0.15, 0.2) is 0 Å². The lowest BCUT2D eigenvalue weighted by molar-refractivity contribution is 0.247. The largest absolute Gasteiger partial charge is 0.335 e. The molecule has 29 heavy (non-hydrogen) atoms. The first-order valence-electron chi connectivity index (χ1n) is 9.62. The van der Waals surface area contributed by atoms with Crippen LogP contribution in [0.3, 0.4) is 0 Å². The lowest BCUT2D eigenvalue weighted by Gasteiger charge is -2.23. The van der Waals surface area contributed by atoms with E-state index in [2.05, 4.69) is 16.7 Å². The molecule has 0 aliphatic heterocycles. The van der Waals surface area contributed by atoms with Gasteiger partial charge < -0.3 is 15.2 Å². The van der Waals surface area contributed by atoms with E-state index < -0.39 is 0 Å². The van der Waals surface area contributed by atoms with E-state index >= 15 is 0 Å². The van der Waals surface area contributed by atoms with E-state index in [4.69, 9.17) is 0 Å². The van der Waals surface area contributed by atoms with Gasteiger partial charge in [0.1, 0.15) is 5.82 Å². The van der Waals surface area contributed by atoms with E-state index in [-0.39, 0.29) is 23.4 Å². The number of aryl methyl sites for hydroxylation is 1. The van der Waals surface area contributed by atoms with E-state index in [1.165, 1.54) is 23.8 Å². The summed E-state index contributed by atoms with van der Waals surface area (Å²) in [4.78, 5) is 24.3. The maximum atomic E-state index is 13.1. The van der Waals surface area contributed by atoms with Crippen LogP contribution in [0.25, 0.3) is 16.5 Å². The number of amides is 2. The van der Waals surface area contributed by atoms with E-state index in [1.807, 2.05) is 18.2 Å². The Labute approximate surface area is 167 Å². The van der Waals surface area contributed by atoms with Crippen LogP contribution in [0.15, 0.2) is 65.5 Å². The van der Waals surface area contributed by atoms with Crippen molar-refractivity contribution in [3.63, 3.8) is 0 Å². The SMILES string of the molecule is Cn1c(=O)ccc2c(NC(=O)NC3CC=C(c4ccc(F)cc4)CC3)cccc21. The molecule has 0 bridgehead atoms. The molecule has 0 fully saturated rings. The predicted octanol–water partition coefficient (Wildman–Crippen LogP) is 4.44. The number of aromatic nitrogens is 1. The van der Waals surface area contributed by atoms with Gasteiger partial charge in [-0.15, -0.1) is 0 Å². The Bertz CT molecular complexity index is 1150. The highest BCUT2D eigenvalue weighted by Crippen LogP contribution is 2.27. The third kappa shape index (κ3) is 4.06. The van der Waals surface area contributed by atoms with Crippen LogP contribution in [0, 0.1) is 5.82 Å². The maximum absolute atomic E-state index is 13.1. The highest BCUT2D eigenvalue weighted by atomic mass is 19.1. The summed E-state index contributed by atoms with van der Waals surface area (Å²) in [6, 6.07) is 15.0. The quantitative estimate of drug-likeness (QED) is 0.694. The smallest absolute Gasteiger partial charge is 0.319 e. The summed E-state index contributed by atoms with van der Waals surface area (Å²) >= 11 is 0. The van der Waals surface area contributed by atoms with Gasteiger partial charge in [-0.1, -0.05) is 24.3 Å². The average molecular weight is 391 g/mol. The number of hydrogen-bond donors (Lipinski definition) is 2. The molecule has 3 aromatic rings. The van der Waals surface area contributed by atoms with Gasteiger partial charge in [0.05, 0.1) is 11.2 Å². The van der Waals surface area contributed by atoms with Crippen LogP contribution in [0.4, 0.5) is 14.9 Å². The molecule has 1 heterocycles. The number of anilines is 1. The van der Waals surface area contributed by atoms with Crippen molar-refractivity contribution in [2.75, 3.05) is 5.32 Å². The fourth-order valence-electron chi connectivity index (χ4n) is 3.75. The normalized spacial score (nSPS) is 16.3. The number of benzene rings is 2. The first kappa shape index (κ1) is 18.9. The van der Waals surface area contributed by atoms with Gasteiger partial charge >= 0.3 is 6.03 Å². The lowest BCUT2D eigenvalue weighted by Crippen LogP contribution is -2.38. The van der Waals surface area contributed by atoms with Gasteiger partial charge in [-0.3, -0.25) is 4.79 Å². The fraction of sp³-hybridized carbons (Fsp3) is 0.217. The number of carbonyl (C=O) groups is 1. The third-order valence-electron chi connectivity index (χ3n) is 5.38. The van der Waals surface area contributed by atoms with Gasteiger partial charge in [0.25, 0.3) is 5.56 Å². The summed E-state index contributed by atoms with van der Waals surface area (Å²) in [5, 5.41) is 6.73. The highest BCUT2D eigenvalue weighted by Gasteiger charge is 2.18. The number of hydrogen-bond acceptors (Lipinski definition) is 2. The number of rotatable bonds is 3. The Morgan fingerprint density at radius 2 is 1.90 bits per heavy atom. The number of carbonyl (C=O) groups excluding carboxylic acids is 1. The van der Waals surface area contributed by atoms with Crippen molar-refractivity contribution in [2.24, 2.45) is 7.05 Å². The molecular weight excluding hydrogens is 369 g/mol. The number of allylic oxidation sites excluding steroid dienone is 1. The second-order valence-corrected chi connectivity index (χ2v) is 7.27. The molecule has 2 amide bonds. The molecule has 1 aliphatic carbocycles. The molecular formula is C23H22FN3O2. The van der Waals surface area contributed by atoms with E-state index in [1.54, 1.807) is 29.8 Å². The third-order valence-corrected chi connectivity index (χ3v) is 5.38. The number of nitrogens with zero attached hydrogens (tertiary/aromatic N) is 1. The Morgan fingerprint density at radius 1 is 1.10 bits per heavy atom. The zero-order valence-corrected chi connectivity index (χ0v) is 16.1. The number of halogens is 1. The average Bonchev–Trinajstić information content (AvgIpc) is 2.72. The number of pyridine rings is 1. The topological polar surface area (TPSA) is 63.1 Å². The summed E-state index contributed by atoms with van der Waals surface area (Å²) in [6.07, 6.45) is 4.48. The van der Waals surface area contributed by atoms with Crippen molar-refractivity contribution in [1.82, 2.24) is 9.88 Å². The monoisotopic (exact) mass is 391 g/mol. The van der Waals surface area contributed by atoms with E-state index in [0.717, 1.165) is 35.7 Å². The summed E-state index contributed by atoms with van der Waals surface area (Å²) in [5.74, 6) is -0.241. The van der Waals surface area contributed by atoms with Crippen molar-refractivity contribution in [2.45, 2.75) is 25.3 Å². The molecule has 0 radical (unpaired) electrons. The van der Waals surface area contributed by atoms with Crippen LogP contribution < -0.4 is 16.2 Å². The molecule has 6 heteroatoms. The van der Waals surface area contributed by atoms with Crippen LogP contribution in [0.1, 0.15) is 24.8 Å². The highest BCUT2D eigenvalue weighted by molar-refractivity contribution is 6.00. The molecule has 1 aliphatic rings. The van der Waals surface area contributed by atoms with Crippen LogP contribution in [0.2, 0.25) is 0 Å². The molecule has 0 saturated heterocycles. The van der Waals surface area contributed by atoms with Crippen LogP contribution in [-0.4, -0.2) is 16.6 Å². The van der Waals surface area contributed by atoms with Gasteiger partial charge in [0, 0.05) is 24.5 Å². The summed E-state index contributed by atoms with van der Waals surface area (Å²) in [7, 11) is 1.71. The second kappa shape index (κ2) is 7.91. The summed E-state index contributed by atoms with van der Waals surface area (Å²) in [5.41, 5.74) is 3.54. The molecule has 0 saturated carbocycles. The second-order valence-electron chi connectivity index (χ2n) is 7.27. The zero-order valence-electron chi connectivity index (χ0n) is 16.1. The van der Waals surface area contributed by atoms with Gasteiger partial charge in [-0.2, -0.15) is 0 Å². The molecule has 1 atom stereocenters. The molecule has 1 aromatic heterocycles. The minimum absolute atomic E-state index is 0.0403. The van der Waals surface area contributed by atoms with Crippen molar-refractivity contribution in [3.05, 3.63) is 82.4 Å². The number of fused-ring (bicyclic) bond motifs is 1. The van der Waals surface area contributed by atoms with Crippen LogP contribution in [0.5, 0.6) is 0 Å². The van der Waals surface area contributed by atoms with Crippen LogP contribution >= 0.6 is 0 Å². The Kier molecular flexibility index (Phi) is 5.16. The van der Waals surface area contributed by atoms with Crippen molar-refractivity contribution >= 4 is 28.2 Å². The van der Waals surface area contributed by atoms with Crippen molar-refractivity contribution in [1.29, 1.82) is 0 Å². The molecule has 148 valence electrons. The summed E-state index contributed by atoms with van der Waals surface area (Å²) in [6.45, 7) is 0. The van der Waals surface area contributed by atoms with Crippen molar-refractivity contribution < 1.29 is 9.18 Å². The minimum atomic E-state index is -0.269. The molecule has 2 aromatic carbocycles. The maximum Gasteiger partial charge on any atom is 0.319 e. The molecule has 0 spiro atoms. The Hall–Kier alpha value is -3.41. The van der Waals surface area contributed by atoms with Gasteiger partial charge in [0.2, 0.25) is 0 Å². The lowest BCUT2D eigenvalue weighted by atomic mass is 9.91. The first-order chi connectivity index (χ1) is 14.0. The molecule has 5 nitrogen and oxygen atoms in total. The predicted molar refractivity (Wildman–Crippen MR) is 113 cm³/mol. The zero-order chi connectivity index (χ0) is 20.4. The van der Waals surface area contributed by atoms with Gasteiger partial charge in [-0.25, -0.2) is 9.18 Å². The van der Waals surface area contributed by atoms with Crippen molar-refractivity contribution in [3.8, 4) is 0 Å².